The van der Waals surface area contributed by atoms with Gasteiger partial charge in [0.05, 0.1) is 26.6 Å². The third-order valence-corrected chi connectivity index (χ3v) is 2.51. The Balaban J connectivity index is 2.22. The van der Waals surface area contributed by atoms with E-state index in [-0.39, 0.29) is 6.61 Å². The van der Waals surface area contributed by atoms with Gasteiger partial charge in [0.2, 0.25) is 0 Å². The topological polar surface area (TPSA) is 61.8 Å². The summed E-state index contributed by atoms with van der Waals surface area (Å²) in [5.74, 6) is 1.47. The molecule has 0 atom stereocenters. The highest BCUT2D eigenvalue weighted by Gasteiger charge is 2.01. The number of hydrogen-bond acceptors (Lipinski definition) is 5. The lowest BCUT2D eigenvalue weighted by Gasteiger charge is -2.06. The van der Waals surface area contributed by atoms with E-state index < -0.39 is 10.1 Å². The van der Waals surface area contributed by atoms with Crippen LogP contribution in [0.2, 0.25) is 0 Å². The zero-order chi connectivity index (χ0) is 12.7. The summed E-state index contributed by atoms with van der Waals surface area (Å²) in [6.45, 7) is 0.539. The van der Waals surface area contributed by atoms with E-state index >= 15 is 0 Å². The van der Waals surface area contributed by atoms with Crippen molar-refractivity contribution in [3.63, 3.8) is 0 Å². The second-order valence-electron chi connectivity index (χ2n) is 3.40. The summed E-state index contributed by atoms with van der Waals surface area (Å²) >= 11 is 0. The third-order valence-electron chi connectivity index (χ3n) is 1.91. The number of methoxy groups -OCH3 is 1. The summed E-state index contributed by atoms with van der Waals surface area (Å²) < 4.78 is 36.3. The van der Waals surface area contributed by atoms with Crippen LogP contribution in [-0.2, 0) is 14.3 Å². The summed E-state index contributed by atoms with van der Waals surface area (Å²) in [6.07, 6.45) is 1.54. The highest BCUT2D eigenvalue weighted by Crippen LogP contribution is 2.16. The molecule has 0 aliphatic carbocycles. The van der Waals surface area contributed by atoms with E-state index in [1.54, 1.807) is 31.4 Å². The van der Waals surface area contributed by atoms with Crippen molar-refractivity contribution in [2.75, 3.05) is 26.6 Å². The molecule has 1 rings (SSSR count). The van der Waals surface area contributed by atoms with E-state index in [1.165, 1.54) is 0 Å². The van der Waals surface area contributed by atoms with Crippen LogP contribution in [0.4, 0.5) is 0 Å². The summed E-state index contributed by atoms with van der Waals surface area (Å²) in [4.78, 5) is 0. The van der Waals surface area contributed by atoms with Crippen molar-refractivity contribution in [2.45, 2.75) is 6.42 Å². The van der Waals surface area contributed by atoms with Gasteiger partial charge in [-0.2, -0.15) is 8.42 Å². The fourth-order valence-corrected chi connectivity index (χ4v) is 1.55. The van der Waals surface area contributed by atoms with Crippen LogP contribution in [-0.4, -0.2) is 35.0 Å². The second-order valence-corrected chi connectivity index (χ2v) is 5.05. The predicted molar refractivity (Wildman–Crippen MR) is 63.9 cm³/mol. The third kappa shape index (κ3) is 6.13. The predicted octanol–water partition coefficient (Wildman–Crippen LogP) is 1.44. The summed E-state index contributed by atoms with van der Waals surface area (Å²) in [6, 6.07) is 7.16. The molecule has 1 aromatic carbocycles. The van der Waals surface area contributed by atoms with Crippen LogP contribution in [0.25, 0.3) is 0 Å². The monoisotopic (exact) mass is 260 g/mol. The van der Waals surface area contributed by atoms with Crippen LogP contribution in [0, 0.1) is 0 Å². The van der Waals surface area contributed by atoms with Crippen LogP contribution in [0.3, 0.4) is 0 Å². The molecule has 0 aliphatic rings. The molecule has 6 heteroatoms. The Morgan fingerprint density at radius 3 is 2.18 bits per heavy atom. The van der Waals surface area contributed by atoms with Crippen molar-refractivity contribution >= 4 is 10.1 Å². The van der Waals surface area contributed by atoms with Crippen molar-refractivity contribution in [1.29, 1.82) is 0 Å². The molecule has 5 nitrogen and oxygen atoms in total. The van der Waals surface area contributed by atoms with Gasteiger partial charge in [0.15, 0.2) is 0 Å². The average Bonchev–Trinajstić information content (AvgIpc) is 2.28. The van der Waals surface area contributed by atoms with Crippen LogP contribution in [0.15, 0.2) is 24.3 Å². The van der Waals surface area contributed by atoms with Gasteiger partial charge >= 0.3 is 0 Å². The minimum Gasteiger partial charge on any atom is -0.497 e. The summed E-state index contributed by atoms with van der Waals surface area (Å²) in [5.41, 5.74) is 0. The van der Waals surface area contributed by atoms with Gasteiger partial charge in [-0.15, -0.1) is 0 Å². The van der Waals surface area contributed by atoms with Gasteiger partial charge in [0.25, 0.3) is 10.1 Å². The van der Waals surface area contributed by atoms with Gasteiger partial charge in [-0.1, -0.05) is 0 Å². The van der Waals surface area contributed by atoms with Crippen LogP contribution in [0.1, 0.15) is 6.42 Å². The van der Waals surface area contributed by atoms with Crippen molar-refractivity contribution in [2.24, 2.45) is 0 Å². The molecule has 0 saturated carbocycles. The standard InChI is InChI=1S/C11H16O5S/c1-14-10-4-6-11(7-5-10)15-8-3-9-16-17(2,12)13/h4-7H,3,8-9H2,1-2H3. The van der Waals surface area contributed by atoms with E-state index in [4.69, 9.17) is 9.47 Å². The lowest BCUT2D eigenvalue weighted by Crippen LogP contribution is -2.07. The van der Waals surface area contributed by atoms with E-state index in [9.17, 15) is 8.42 Å². The lowest BCUT2D eigenvalue weighted by molar-refractivity contribution is 0.252. The number of ether oxygens (including phenoxy) is 2. The minimum absolute atomic E-state index is 0.134. The molecule has 0 saturated heterocycles. The van der Waals surface area contributed by atoms with E-state index in [2.05, 4.69) is 4.18 Å². The zero-order valence-corrected chi connectivity index (χ0v) is 10.7. The highest BCUT2D eigenvalue weighted by molar-refractivity contribution is 7.85. The fraction of sp³-hybridized carbons (Fsp3) is 0.455. The Kier molecular flexibility index (Phi) is 5.24. The SMILES string of the molecule is COc1ccc(OCCCOS(C)(=O)=O)cc1. The van der Waals surface area contributed by atoms with E-state index in [1.807, 2.05) is 0 Å². The maximum Gasteiger partial charge on any atom is 0.264 e. The van der Waals surface area contributed by atoms with Gasteiger partial charge in [-0.25, -0.2) is 0 Å². The number of hydrogen-bond donors (Lipinski definition) is 0. The first-order valence-corrected chi connectivity index (χ1v) is 6.94. The first kappa shape index (κ1) is 13.8. The second kappa shape index (κ2) is 6.46. The number of rotatable bonds is 7. The molecule has 0 aromatic heterocycles. The fourth-order valence-electron chi connectivity index (χ4n) is 1.13. The smallest absolute Gasteiger partial charge is 0.264 e. The van der Waals surface area contributed by atoms with E-state index in [0.29, 0.717) is 18.8 Å². The van der Waals surface area contributed by atoms with Gasteiger partial charge in [0.1, 0.15) is 11.5 Å². The van der Waals surface area contributed by atoms with Crippen LogP contribution in [0.5, 0.6) is 11.5 Å². The molecular formula is C11H16O5S. The molecule has 0 aliphatic heterocycles. The van der Waals surface area contributed by atoms with Gasteiger partial charge in [0, 0.05) is 6.42 Å². The molecule has 0 heterocycles. The molecule has 0 unspecified atom stereocenters. The first-order valence-electron chi connectivity index (χ1n) is 5.12. The molecule has 1 aromatic rings. The molecule has 0 amide bonds. The minimum atomic E-state index is -3.35. The molecule has 0 N–H and O–H groups in total. The van der Waals surface area contributed by atoms with Crippen molar-refractivity contribution in [3.8, 4) is 11.5 Å². The van der Waals surface area contributed by atoms with Crippen molar-refractivity contribution < 1.29 is 22.1 Å². The van der Waals surface area contributed by atoms with E-state index in [0.717, 1.165) is 12.0 Å². The molecular weight excluding hydrogens is 244 g/mol. The Labute approximate surface area is 101 Å². The van der Waals surface area contributed by atoms with Crippen molar-refractivity contribution in [1.82, 2.24) is 0 Å². The molecule has 0 bridgehead atoms. The first-order chi connectivity index (χ1) is 8.01. The maximum atomic E-state index is 10.7. The van der Waals surface area contributed by atoms with Gasteiger partial charge < -0.3 is 9.47 Å². The molecule has 0 fully saturated rings. The number of benzene rings is 1. The van der Waals surface area contributed by atoms with Crippen molar-refractivity contribution in [3.05, 3.63) is 24.3 Å². The Hall–Kier alpha value is -1.27. The molecule has 17 heavy (non-hydrogen) atoms. The van der Waals surface area contributed by atoms with Gasteiger partial charge in [-0.3, -0.25) is 4.18 Å². The van der Waals surface area contributed by atoms with Crippen LogP contribution >= 0.6 is 0 Å². The summed E-state index contributed by atoms with van der Waals surface area (Å²) in [7, 11) is -1.75. The summed E-state index contributed by atoms with van der Waals surface area (Å²) in [5, 5.41) is 0. The largest absolute Gasteiger partial charge is 0.497 e. The van der Waals surface area contributed by atoms with Crippen LogP contribution < -0.4 is 9.47 Å². The van der Waals surface area contributed by atoms with Gasteiger partial charge in [-0.05, 0) is 24.3 Å². The maximum absolute atomic E-state index is 10.7. The Morgan fingerprint density at radius 2 is 1.65 bits per heavy atom. The molecule has 96 valence electrons. The Morgan fingerprint density at radius 1 is 1.06 bits per heavy atom. The highest BCUT2D eigenvalue weighted by atomic mass is 32.2. The molecule has 0 spiro atoms. The Bertz CT molecular complexity index is 424. The zero-order valence-electron chi connectivity index (χ0n) is 9.88. The quantitative estimate of drug-likeness (QED) is 0.548. The lowest BCUT2D eigenvalue weighted by atomic mass is 10.3. The molecule has 0 radical (unpaired) electrons. The average molecular weight is 260 g/mol. The normalized spacial score (nSPS) is 11.2.